The average molecular weight is 361 g/mol. The predicted octanol–water partition coefficient (Wildman–Crippen LogP) is 4.21. The molecule has 2 N–H and O–H groups in total. The van der Waals surface area contributed by atoms with Crippen LogP contribution in [0.25, 0.3) is 10.8 Å². The standard InChI is InChI=1S/C21H19N3O3/c1-13-11-16(24(26)27)8-10-18(13)23-20(25)12-22-19-9-7-15-6-5-14-3-2-4-17(19)21(14)15/h2-4,7-11,22H,5-6,12H2,1H3,(H,23,25). The summed E-state index contributed by atoms with van der Waals surface area (Å²) in [4.78, 5) is 22.7. The Morgan fingerprint density at radius 3 is 2.56 bits per heavy atom. The van der Waals surface area contributed by atoms with Crippen LogP contribution < -0.4 is 10.6 Å². The molecule has 0 spiro atoms. The first-order chi connectivity index (χ1) is 13.0. The highest BCUT2D eigenvalue weighted by Gasteiger charge is 2.16. The van der Waals surface area contributed by atoms with Gasteiger partial charge in [0, 0.05) is 28.9 Å². The number of aryl methyl sites for hydroxylation is 3. The lowest BCUT2D eigenvalue weighted by molar-refractivity contribution is -0.384. The maximum atomic E-state index is 12.3. The van der Waals surface area contributed by atoms with Crippen LogP contribution in [0.5, 0.6) is 0 Å². The zero-order chi connectivity index (χ0) is 19.0. The molecule has 4 rings (SSSR count). The third-order valence-electron chi connectivity index (χ3n) is 5.01. The highest BCUT2D eigenvalue weighted by molar-refractivity contribution is 6.01. The van der Waals surface area contributed by atoms with Crippen LogP contribution >= 0.6 is 0 Å². The zero-order valence-corrected chi connectivity index (χ0v) is 14.9. The molecular weight excluding hydrogens is 342 g/mol. The number of hydrogen-bond donors (Lipinski definition) is 2. The molecule has 0 saturated heterocycles. The average Bonchev–Trinajstić information content (AvgIpc) is 3.08. The molecule has 3 aromatic rings. The largest absolute Gasteiger partial charge is 0.376 e. The van der Waals surface area contributed by atoms with Gasteiger partial charge in [-0.05, 0) is 54.0 Å². The zero-order valence-electron chi connectivity index (χ0n) is 14.9. The fraction of sp³-hybridized carbons (Fsp3) is 0.190. The van der Waals surface area contributed by atoms with Gasteiger partial charge in [0.1, 0.15) is 0 Å². The molecule has 0 radical (unpaired) electrons. The van der Waals surface area contributed by atoms with E-state index in [9.17, 15) is 14.9 Å². The normalized spacial score (nSPS) is 12.2. The molecule has 0 unspecified atom stereocenters. The quantitative estimate of drug-likeness (QED) is 0.527. The molecule has 1 aliphatic carbocycles. The van der Waals surface area contributed by atoms with Crippen LogP contribution in [0.1, 0.15) is 16.7 Å². The summed E-state index contributed by atoms with van der Waals surface area (Å²) in [7, 11) is 0. The van der Waals surface area contributed by atoms with E-state index in [1.165, 1.54) is 28.6 Å². The summed E-state index contributed by atoms with van der Waals surface area (Å²) in [6.45, 7) is 1.86. The van der Waals surface area contributed by atoms with Gasteiger partial charge in [-0.2, -0.15) is 0 Å². The van der Waals surface area contributed by atoms with Gasteiger partial charge < -0.3 is 10.6 Å². The van der Waals surface area contributed by atoms with Crippen LogP contribution in [0, 0.1) is 17.0 Å². The molecule has 0 atom stereocenters. The third-order valence-corrected chi connectivity index (χ3v) is 5.01. The second kappa shape index (κ2) is 6.72. The minimum Gasteiger partial charge on any atom is -0.376 e. The first-order valence-corrected chi connectivity index (χ1v) is 8.85. The van der Waals surface area contributed by atoms with Crippen molar-refractivity contribution in [3.63, 3.8) is 0 Å². The van der Waals surface area contributed by atoms with Gasteiger partial charge in [-0.25, -0.2) is 0 Å². The summed E-state index contributed by atoms with van der Waals surface area (Å²) >= 11 is 0. The number of carbonyl (C=O) groups excluding carboxylic acids is 1. The van der Waals surface area contributed by atoms with E-state index in [4.69, 9.17) is 0 Å². The van der Waals surface area contributed by atoms with Gasteiger partial charge in [0.15, 0.2) is 0 Å². The highest BCUT2D eigenvalue weighted by atomic mass is 16.6. The van der Waals surface area contributed by atoms with Gasteiger partial charge in [-0.3, -0.25) is 14.9 Å². The van der Waals surface area contributed by atoms with Crippen molar-refractivity contribution in [2.24, 2.45) is 0 Å². The number of nitrogens with zero attached hydrogens (tertiary/aromatic N) is 1. The van der Waals surface area contributed by atoms with Gasteiger partial charge in [-0.15, -0.1) is 0 Å². The van der Waals surface area contributed by atoms with Crippen LogP contribution in [-0.4, -0.2) is 17.4 Å². The number of nitrogens with one attached hydrogen (secondary N) is 2. The minimum absolute atomic E-state index is 0.0107. The maximum Gasteiger partial charge on any atom is 0.269 e. The molecule has 3 aromatic carbocycles. The summed E-state index contributed by atoms with van der Waals surface area (Å²) in [5, 5.41) is 19.3. The first-order valence-electron chi connectivity index (χ1n) is 8.85. The van der Waals surface area contributed by atoms with E-state index in [1.807, 2.05) is 6.07 Å². The van der Waals surface area contributed by atoms with E-state index >= 15 is 0 Å². The molecule has 0 saturated carbocycles. The van der Waals surface area contributed by atoms with E-state index < -0.39 is 4.92 Å². The van der Waals surface area contributed by atoms with Gasteiger partial charge in [0.25, 0.3) is 5.69 Å². The maximum absolute atomic E-state index is 12.3. The molecular formula is C21H19N3O3. The van der Waals surface area contributed by atoms with Gasteiger partial charge in [0.05, 0.1) is 11.5 Å². The van der Waals surface area contributed by atoms with Gasteiger partial charge in [0.2, 0.25) is 5.91 Å². The number of carbonyl (C=O) groups is 1. The lowest BCUT2D eigenvalue weighted by Gasteiger charge is -2.12. The molecule has 0 fully saturated rings. The van der Waals surface area contributed by atoms with Crippen molar-refractivity contribution in [2.75, 3.05) is 17.2 Å². The molecule has 6 nitrogen and oxygen atoms in total. The van der Waals surface area contributed by atoms with Gasteiger partial charge in [-0.1, -0.05) is 24.3 Å². The topological polar surface area (TPSA) is 84.3 Å². The van der Waals surface area contributed by atoms with E-state index in [-0.39, 0.29) is 18.1 Å². The van der Waals surface area contributed by atoms with Crippen LogP contribution in [0.15, 0.2) is 48.5 Å². The molecule has 27 heavy (non-hydrogen) atoms. The smallest absolute Gasteiger partial charge is 0.269 e. The Morgan fingerprint density at radius 1 is 1.07 bits per heavy atom. The SMILES string of the molecule is Cc1cc([N+](=O)[O-])ccc1NC(=O)CNc1ccc2c3c(cccc13)CC2. The van der Waals surface area contributed by atoms with Crippen LogP contribution in [0.2, 0.25) is 0 Å². The van der Waals surface area contributed by atoms with Crippen molar-refractivity contribution in [3.05, 3.63) is 75.3 Å². The van der Waals surface area contributed by atoms with Crippen molar-refractivity contribution in [3.8, 4) is 0 Å². The minimum atomic E-state index is -0.449. The Balaban J connectivity index is 1.48. The van der Waals surface area contributed by atoms with Crippen LogP contribution in [-0.2, 0) is 17.6 Å². The van der Waals surface area contributed by atoms with Crippen molar-refractivity contribution in [2.45, 2.75) is 19.8 Å². The molecule has 1 amide bonds. The highest BCUT2D eigenvalue weighted by Crippen LogP contribution is 2.34. The Morgan fingerprint density at radius 2 is 1.81 bits per heavy atom. The number of anilines is 2. The monoisotopic (exact) mass is 361 g/mol. The summed E-state index contributed by atoms with van der Waals surface area (Å²) in [5.74, 6) is -0.199. The molecule has 0 heterocycles. The van der Waals surface area contributed by atoms with Crippen molar-refractivity contribution in [1.82, 2.24) is 0 Å². The number of non-ortho nitro benzene ring substituents is 1. The Labute approximate surface area is 156 Å². The van der Waals surface area contributed by atoms with E-state index in [2.05, 4.69) is 34.9 Å². The number of nitro benzene ring substituents is 1. The van der Waals surface area contributed by atoms with E-state index in [1.54, 1.807) is 13.0 Å². The van der Waals surface area contributed by atoms with E-state index in [0.29, 0.717) is 11.3 Å². The fourth-order valence-electron chi connectivity index (χ4n) is 3.67. The van der Waals surface area contributed by atoms with Crippen molar-refractivity contribution in [1.29, 1.82) is 0 Å². The molecule has 136 valence electrons. The Bertz CT molecular complexity index is 1070. The summed E-state index contributed by atoms with van der Waals surface area (Å²) < 4.78 is 0. The molecule has 0 aromatic heterocycles. The second-order valence-electron chi connectivity index (χ2n) is 6.77. The lowest BCUT2D eigenvalue weighted by Crippen LogP contribution is -2.22. The fourth-order valence-corrected chi connectivity index (χ4v) is 3.67. The number of benzene rings is 3. The molecule has 0 bridgehead atoms. The lowest BCUT2D eigenvalue weighted by atomic mass is 10.0. The number of hydrogen-bond acceptors (Lipinski definition) is 4. The molecule has 1 aliphatic rings. The Hall–Kier alpha value is -3.41. The molecule has 0 aliphatic heterocycles. The predicted molar refractivity (Wildman–Crippen MR) is 106 cm³/mol. The van der Waals surface area contributed by atoms with Crippen LogP contribution in [0.4, 0.5) is 17.1 Å². The third kappa shape index (κ3) is 3.21. The number of nitro groups is 1. The number of amides is 1. The first kappa shape index (κ1) is 17.0. The second-order valence-corrected chi connectivity index (χ2v) is 6.77. The van der Waals surface area contributed by atoms with Crippen molar-refractivity contribution >= 4 is 33.7 Å². The van der Waals surface area contributed by atoms with Crippen molar-refractivity contribution < 1.29 is 9.72 Å². The van der Waals surface area contributed by atoms with Gasteiger partial charge >= 0.3 is 0 Å². The molecule has 6 heteroatoms. The summed E-state index contributed by atoms with van der Waals surface area (Å²) in [6, 6.07) is 14.8. The summed E-state index contributed by atoms with van der Waals surface area (Å²) in [6.07, 6.45) is 2.13. The summed E-state index contributed by atoms with van der Waals surface area (Å²) in [5.41, 5.74) is 4.90. The van der Waals surface area contributed by atoms with Crippen LogP contribution in [0.3, 0.4) is 0 Å². The number of rotatable bonds is 5. The Kier molecular flexibility index (Phi) is 4.24. The van der Waals surface area contributed by atoms with E-state index in [0.717, 1.165) is 23.9 Å².